The first-order valence-corrected chi connectivity index (χ1v) is 11.9. The molecule has 1 aliphatic heterocycles. The molecule has 0 fully saturated rings. The predicted octanol–water partition coefficient (Wildman–Crippen LogP) is 2.76. The van der Waals surface area contributed by atoms with Crippen molar-refractivity contribution in [3.8, 4) is 5.75 Å². The number of benzene rings is 2. The first-order valence-electron chi connectivity index (χ1n) is 8.22. The van der Waals surface area contributed by atoms with Crippen LogP contribution in [0.4, 0.5) is 0 Å². The minimum atomic E-state index is -0.960. The molecule has 0 saturated heterocycles. The summed E-state index contributed by atoms with van der Waals surface area (Å²) in [4.78, 5) is 28.4. The molecule has 1 aliphatic rings. The van der Waals surface area contributed by atoms with E-state index in [1.807, 2.05) is 30.3 Å². The average molecular weight is 497 g/mol. The van der Waals surface area contributed by atoms with Crippen molar-refractivity contribution in [2.75, 3.05) is 13.2 Å². The molecular formula is C19H15AsCl2N2O3S. The summed E-state index contributed by atoms with van der Waals surface area (Å²) in [6, 6.07) is 14.6. The molecule has 1 unspecified atom stereocenters. The van der Waals surface area contributed by atoms with Crippen molar-refractivity contribution in [2.24, 2.45) is 4.99 Å². The van der Waals surface area contributed by atoms with Gasteiger partial charge in [0, 0.05) is 0 Å². The summed E-state index contributed by atoms with van der Waals surface area (Å²) >= 11 is 12.6. The number of hydrogen-bond acceptors (Lipinski definition) is 4. The van der Waals surface area contributed by atoms with E-state index in [2.05, 4.69) is 10.3 Å². The van der Waals surface area contributed by atoms with Crippen molar-refractivity contribution in [1.29, 1.82) is 0 Å². The van der Waals surface area contributed by atoms with Gasteiger partial charge in [0.15, 0.2) is 0 Å². The van der Waals surface area contributed by atoms with Crippen LogP contribution in [-0.4, -0.2) is 44.5 Å². The first-order chi connectivity index (χ1) is 13.5. The quantitative estimate of drug-likeness (QED) is 0.363. The fourth-order valence-corrected chi connectivity index (χ4v) is 6.97. The van der Waals surface area contributed by atoms with Gasteiger partial charge in [-0.3, -0.25) is 0 Å². The molecular weight excluding hydrogens is 482 g/mol. The van der Waals surface area contributed by atoms with Crippen molar-refractivity contribution < 1.29 is 14.3 Å². The van der Waals surface area contributed by atoms with Gasteiger partial charge in [-0.1, -0.05) is 6.07 Å². The maximum absolute atomic E-state index is 12.1. The van der Waals surface area contributed by atoms with E-state index in [1.165, 1.54) is 17.8 Å². The Morgan fingerprint density at radius 1 is 1.14 bits per heavy atom. The van der Waals surface area contributed by atoms with Gasteiger partial charge in [0.2, 0.25) is 0 Å². The number of thioether (sulfide) groups is 1. The maximum atomic E-state index is 12.1. The molecule has 0 aliphatic carbocycles. The van der Waals surface area contributed by atoms with Crippen molar-refractivity contribution in [3.63, 3.8) is 0 Å². The average Bonchev–Trinajstić information content (AvgIpc) is 3.02. The van der Waals surface area contributed by atoms with E-state index in [4.69, 9.17) is 27.9 Å². The zero-order valence-electron chi connectivity index (χ0n) is 14.4. The van der Waals surface area contributed by atoms with E-state index in [1.54, 1.807) is 18.2 Å². The standard InChI is InChI=1S/C19H15AsCl2N2O3S/c21-13-7-4-8-14(22)17(13)20-19-24-18(26)15(28-19)11-16(25)23-9-10-27-12-5-2-1-3-6-12/h1-8,11,20H,9-10H2,(H,23,25). The summed E-state index contributed by atoms with van der Waals surface area (Å²) < 4.78 is 7.00. The molecule has 1 heterocycles. The summed E-state index contributed by atoms with van der Waals surface area (Å²) in [6.45, 7) is 0.659. The second kappa shape index (κ2) is 10.2. The minimum absolute atomic E-state index is 0.295. The molecule has 1 atom stereocenters. The number of para-hydroxylation sites is 1. The second-order valence-electron chi connectivity index (χ2n) is 5.51. The van der Waals surface area contributed by atoms with Gasteiger partial charge in [0.25, 0.3) is 0 Å². The number of aliphatic imine (C=N–C) groups is 1. The Labute approximate surface area is 183 Å². The number of carbonyl (C=O) groups excluding carboxylic acids is 2. The molecule has 0 spiro atoms. The fraction of sp³-hybridized carbons (Fsp3) is 0.105. The summed E-state index contributed by atoms with van der Waals surface area (Å²) in [7, 11) is 0. The topological polar surface area (TPSA) is 67.8 Å². The molecule has 0 radical (unpaired) electrons. The first kappa shape index (κ1) is 21.0. The number of ether oxygens (including phenoxy) is 1. The molecule has 3 rings (SSSR count). The van der Waals surface area contributed by atoms with Crippen LogP contribution in [-0.2, 0) is 9.59 Å². The molecule has 1 N–H and O–H groups in total. The number of carbonyl (C=O) groups is 2. The Bertz CT molecular complexity index is 931. The Morgan fingerprint density at radius 2 is 1.86 bits per heavy atom. The van der Waals surface area contributed by atoms with Gasteiger partial charge in [-0.25, -0.2) is 0 Å². The third-order valence-electron chi connectivity index (χ3n) is 3.49. The van der Waals surface area contributed by atoms with Crippen molar-refractivity contribution in [2.45, 2.75) is 0 Å². The summed E-state index contributed by atoms with van der Waals surface area (Å²) in [5.41, 5.74) is 0. The number of halogens is 2. The van der Waals surface area contributed by atoms with E-state index in [-0.39, 0.29) is 5.91 Å². The molecule has 2 amide bonds. The van der Waals surface area contributed by atoms with E-state index in [0.29, 0.717) is 31.9 Å². The van der Waals surface area contributed by atoms with Crippen LogP contribution >= 0.6 is 35.0 Å². The van der Waals surface area contributed by atoms with E-state index in [0.717, 1.165) is 10.1 Å². The molecule has 144 valence electrons. The summed E-state index contributed by atoms with van der Waals surface area (Å²) in [6.07, 6.45) is 1.27. The third-order valence-corrected chi connectivity index (χ3v) is 9.09. The van der Waals surface area contributed by atoms with E-state index >= 15 is 0 Å². The third kappa shape index (κ3) is 5.89. The second-order valence-corrected chi connectivity index (χ2v) is 10.7. The molecule has 0 saturated carbocycles. The van der Waals surface area contributed by atoms with Gasteiger partial charge >= 0.3 is 178 Å². The monoisotopic (exact) mass is 496 g/mol. The van der Waals surface area contributed by atoms with Crippen LogP contribution in [0.15, 0.2) is 64.5 Å². The number of nitrogens with one attached hydrogen (secondary N) is 1. The van der Waals surface area contributed by atoms with Crippen LogP contribution in [0.25, 0.3) is 0 Å². The summed E-state index contributed by atoms with van der Waals surface area (Å²) in [5.74, 6) is -0.0419. The van der Waals surface area contributed by atoms with Gasteiger partial charge in [-0.2, -0.15) is 0 Å². The molecule has 2 aromatic rings. The Hall–Kier alpha value is -1.72. The Morgan fingerprint density at radius 3 is 2.57 bits per heavy atom. The van der Waals surface area contributed by atoms with Gasteiger partial charge in [-0.05, 0) is 0 Å². The Kier molecular flexibility index (Phi) is 7.63. The molecule has 9 heteroatoms. The number of nitrogens with zero attached hydrogens (tertiary/aromatic N) is 1. The van der Waals surface area contributed by atoms with Gasteiger partial charge < -0.3 is 0 Å². The van der Waals surface area contributed by atoms with Gasteiger partial charge in [0.05, 0.1) is 0 Å². The molecule has 2 aromatic carbocycles. The Balaban J connectivity index is 1.50. The zero-order chi connectivity index (χ0) is 19.9. The van der Waals surface area contributed by atoms with Crippen molar-refractivity contribution in [3.05, 3.63) is 69.6 Å². The van der Waals surface area contributed by atoms with Crippen LogP contribution < -0.4 is 14.4 Å². The van der Waals surface area contributed by atoms with Gasteiger partial charge in [0.1, 0.15) is 0 Å². The van der Waals surface area contributed by atoms with Crippen LogP contribution in [0.2, 0.25) is 10.0 Å². The SMILES string of the molecule is O=C(C=C1SC([AsH]c2c(Cl)cccc2Cl)=NC1=O)NCCOc1ccccc1. The van der Waals surface area contributed by atoms with Crippen LogP contribution in [0.3, 0.4) is 0 Å². The van der Waals surface area contributed by atoms with Crippen molar-refractivity contribution >= 4 is 70.7 Å². The molecule has 0 aromatic heterocycles. The molecule has 0 bridgehead atoms. The van der Waals surface area contributed by atoms with E-state index in [9.17, 15) is 9.59 Å². The van der Waals surface area contributed by atoms with Crippen LogP contribution in [0.5, 0.6) is 5.75 Å². The van der Waals surface area contributed by atoms with Crippen molar-refractivity contribution in [1.82, 2.24) is 5.32 Å². The summed E-state index contributed by atoms with van der Waals surface area (Å²) in [5, 5.41) is 3.83. The van der Waals surface area contributed by atoms with Crippen LogP contribution in [0.1, 0.15) is 0 Å². The van der Waals surface area contributed by atoms with E-state index < -0.39 is 21.7 Å². The normalized spacial score (nSPS) is 15.3. The number of amides is 2. The van der Waals surface area contributed by atoms with Gasteiger partial charge in [-0.15, -0.1) is 0 Å². The number of hydrogen-bond donors (Lipinski definition) is 1. The fourth-order valence-electron chi connectivity index (χ4n) is 2.22. The number of rotatable bonds is 7. The zero-order valence-corrected chi connectivity index (χ0v) is 18.9. The molecule has 28 heavy (non-hydrogen) atoms. The van der Waals surface area contributed by atoms with Crippen LogP contribution in [0, 0.1) is 0 Å². The predicted molar refractivity (Wildman–Crippen MR) is 116 cm³/mol. The molecule has 5 nitrogen and oxygen atoms in total.